The molecule has 1 amide bonds. The van der Waals surface area contributed by atoms with Gasteiger partial charge < -0.3 is 34.1 Å². The van der Waals surface area contributed by atoms with Crippen molar-refractivity contribution in [3.8, 4) is 0 Å². The third-order valence-electron chi connectivity index (χ3n) is 10.4. The van der Waals surface area contributed by atoms with Crippen LogP contribution in [-0.4, -0.2) is 71.7 Å². The van der Waals surface area contributed by atoms with E-state index in [9.17, 15) is 19.5 Å². The van der Waals surface area contributed by atoms with E-state index in [2.05, 4.69) is 17.5 Å². The molecule has 3 fully saturated rings. The van der Waals surface area contributed by atoms with Crippen molar-refractivity contribution < 1.29 is 43.2 Å². The van der Waals surface area contributed by atoms with E-state index in [0.717, 1.165) is 36.0 Å². The zero-order valence-electron chi connectivity index (χ0n) is 31.0. The Morgan fingerprint density at radius 1 is 0.926 bits per heavy atom. The van der Waals surface area contributed by atoms with Crippen molar-refractivity contribution in [2.24, 2.45) is 5.92 Å². The van der Waals surface area contributed by atoms with Crippen LogP contribution in [0.2, 0.25) is 0 Å². The Morgan fingerprint density at radius 2 is 1.61 bits per heavy atom. The second-order valence-electron chi connectivity index (χ2n) is 15.6. The molecule has 10 heteroatoms. The number of carbonyl (C=O) groups is 3. The minimum Gasteiger partial charge on any atom is -0.460 e. The Hall–Kier alpha value is -4.61. The van der Waals surface area contributed by atoms with Gasteiger partial charge in [0.2, 0.25) is 11.7 Å². The number of rotatable bonds is 12. The third kappa shape index (κ3) is 8.84. The summed E-state index contributed by atoms with van der Waals surface area (Å²) in [7, 11) is 0. The van der Waals surface area contributed by atoms with Gasteiger partial charge in [-0.25, -0.2) is 4.79 Å². The summed E-state index contributed by atoms with van der Waals surface area (Å²) in [6.45, 7) is 4.97. The second-order valence-corrected chi connectivity index (χ2v) is 15.6. The van der Waals surface area contributed by atoms with Gasteiger partial charge in [-0.2, -0.15) is 0 Å². The van der Waals surface area contributed by atoms with Gasteiger partial charge >= 0.3 is 11.9 Å². The average Bonchev–Trinajstić information content (AvgIpc) is 3.84. The van der Waals surface area contributed by atoms with Gasteiger partial charge in [0.1, 0.15) is 23.9 Å². The van der Waals surface area contributed by atoms with Crippen LogP contribution in [0.5, 0.6) is 0 Å². The number of hydrogen-bond donors (Lipinski definition) is 2. The minimum atomic E-state index is -1.34. The van der Waals surface area contributed by atoms with E-state index in [4.69, 9.17) is 23.7 Å². The maximum absolute atomic E-state index is 13.8. The first-order valence-corrected chi connectivity index (χ1v) is 19.0. The van der Waals surface area contributed by atoms with E-state index in [-0.39, 0.29) is 25.9 Å². The molecule has 2 saturated heterocycles. The minimum absolute atomic E-state index is 0.0192. The molecule has 0 radical (unpaired) electrons. The highest BCUT2D eigenvalue weighted by molar-refractivity contribution is 5.94. The number of hydrogen-bond acceptors (Lipinski definition) is 9. The number of amides is 1. The van der Waals surface area contributed by atoms with Crippen LogP contribution in [0, 0.1) is 5.92 Å². The lowest BCUT2D eigenvalue weighted by Crippen LogP contribution is -2.45. The first-order valence-electron chi connectivity index (χ1n) is 19.0. The van der Waals surface area contributed by atoms with Gasteiger partial charge in [0.25, 0.3) is 0 Å². The van der Waals surface area contributed by atoms with Crippen LogP contribution < -0.4 is 5.32 Å². The highest BCUT2D eigenvalue weighted by Gasteiger charge is 2.55. The van der Waals surface area contributed by atoms with Gasteiger partial charge in [-0.1, -0.05) is 84.9 Å². The molecule has 4 aliphatic rings. The lowest BCUT2D eigenvalue weighted by Gasteiger charge is -2.31. The Bertz CT molecular complexity index is 1810. The summed E-state index contributed by atoms with van der Waals surface area (Å²) < 4.78 is 30.9. The summed E-state index contributed by atoms with van der Waals surface area (Å²) in [5.41, 5.74) is 2.52. The Kier molecular flexibility index (Phi) is 11.2. The fourth-order valence-corrected chi connectivity index (χ4v) is 7.56. The summed E-state index contributed by atoms with van der Waals surface area (Å²) in [5.74, 6) is -2.29. The van der Waals surface area contributed by atoms with E-state index in [1.54, 1.807) is 39.0 Å². The van der Waals surface area contributed by atoms with E-state index in [1.165, 1.54) is 0 Å². The van der Waals surface area contributed by atoms with E-state index in [1.807, 2.05) is 72.8 Å². The van der Waals surface area contributed by atoms with E-state index >= 15 is 0 Å². The number of nitrogens with one attached hydrogen (secondary N) is 1. The highest BCUT2D eigenvalue weighted by Crippen LogP contribution is 2.47. The predicted molar refractivity (Wildman–Crippen MR) is 201 cm³/mol. The topological polar surface area (TPSA) is 133 Å². The molecule has 2 aliphatic carbocycles. The number of aliphatic hydroxyl groups excluding tert-OH is 1. The molecule has 284 valence electrons. The van der Waals surface area contributed by atoms with Crippen LogP contribution in [0.25, 0.3) is 6.08 Å². The molecule has 10 nitrogen and oxygen atoms in total. The third-order valence-corrected chi connectivity index (χ3v) is 10.4. The highest BCUT2D eigenvalue weighted by atomic mass is 16.8. The van der Waals surface area contributed by atoms with Crippen LogP contribution in [0.3, 0.4) is 0 Å². The van der Waals surface area contributed by atoms with Crippen molar-refractivity contribution in [1.29, 1.82) is 0 Å². The zero-order chi connectivity index (χ0) is 37.9. The fourth-order valence-electron chi connectivity index (χ4n) is 7.56. The molecule has 54 heavy (non-hydrogen) atoms. The van der Waals surface area contributed by atoms with Crippen LogP contribution >= 0.6 is 0 Å². The summed E-state index contributed by atoms with van der Waals surface area (Å²) in [6.07, 6.45) is 8.01. The molecule has 2 aliphatic heterocycles. The van der Waals surface area contributed by atoms with Gasteiger partial charge in [0.05, 0.1) is 30.4 Å². The van der Waals surface area contributed by atoms with Crippen LogP contribution in [0.1, 0.15) is 86.3 Å². The molecular weight excluding hydrogens is 686 g/mol. The molecule has 0 spiro atoms. The zero-order valence-corrected chi connectivity index (χ0v) is 31.0. The smallest absolute Gasteiger partial charge is 0.338 e. The molecule has 1 saturated carbocycles. The van der Waals surface area contributed by atoms with Gasteiger partial charge in [0.15, 0.2) is 0 Å². The maximum Gasteiger partial charge on any atom is 0.338 e. The quantitative estimate of drug-likeness (QED) is 0.160. The number of fused-ring (bicyclic) bond motifs is 2. The lowest BCUT2D eigenvalue weighted by molar-refractivity contribution is -0.157. The Balaban J connectivity index is 1.10. The van der Waals surface area contributed by atoms with Crippen LogP contribution in [0.4, 0.5) is 0 Å². The van der Waals surface area contributed by atoms with Crippen molar-refractivity contribution in [2.45, 2.75) is 107 Å². The number of benzene rings is 3. The van der Waals surface area contributed by atoms with Gasteiger partial charge in [-0.3, -0.25) is 9.59 Å². The molecule has 7 rings (SSSR count). The normalized spacial score (nSPS) is 26.2. The monoisotopic (exact) mass is 735 g/mol. The lowest BCUT2D eigenvalue weighted by atomic mass is 9.89. The Labute approximate surface area is 316 Å². The molecule has 0 bridgehead atoms. The van der Waals surface area contributed by atoms with Crippen LogP contribution in [0.15, 0.2) is 103 Å². The first kappa shape index (κ1) is 37.7. The second kappa shape index (κ2) is 16.0. The fraction of sp³-hybridized carbons (Fsp3) is 0.432. The standard InChI is InChI=1S/C44H49NO9/c1-43(2,3)53-39(47)23-21-34(27-46)45-41(48)31-25-37(51-42(49)30-19-16-28(17-20-30)14-15-29-18-22-35-36(24-29)50-35)40-38(26-31)52-44(54-40,32-10-6-4-7-11-32)33-12-8-5-9-13-33/h4-17,19-20,26,29,34-38,40,46H,18,21-25,27H2,1-3H3,(H,45,48). The number of carbonyl (C=O) groups excluding carboxylic acids is 3. The van der Waals surface area contributed by atoms with Crippen molar-refractivity contribution in [2.75, 3.05) is 6.61 Å². The molecule has 3 aromatic carbocycles. The summed E-state index contributed by atoms with van der Waals surface area (Å²) in [4.78, 5) is 39.9. The number of aliphatic hydroxyl groups is 1. The first-order chi connectivity index (χ1) is 26.0. The van der Waals surface area contributed by atoms with Crippen LogP contribution in [-0.2, 0) is 39.1 Å². The van der Waals surface area contributed by atoms with Crippen molar-refractivity contribution in [1.82, 2.24) is 5.32 Å². The molecule has 0 aromatic heterocycles. The van der Waals surface area contributed by atoms with Crippen molar-refractivity contribution >= 4 is 23.9 Å². The van der Waals surface area contributed by atoms with E-state index < -0.39 is 53.6 Å². The Morgan fingerprint density at radius 3 is 2.24 bits per heavy atom. The molecule has 2 N–H and O–H groups in total. The SMILES string of the molecule is CC(C)(C)OC(=O)CCC(CO)NC(=O)C1=CC2OC(c3ccccc3)(c3ccccc3)OC2C(OC(=O)c2ccc(C=CC3CCC4OC4C3)cc2)C1. The summed E-state index contributed by atoms with van der Waals surface area (Å²) >= 11 is 0. The predicted octanol–water partition coefficient (Wildman–Crippen LogP) is 6.41. The van der Waals surface area contributed by atoms with E-state index in [0.29, 0.717) is 29.3 Å². The number of allylic oxidation sites excluding steroid dienone is 1. The molecule has 7 unspecified atom stereocenters. The molecule has 2 heterocycles. The number of ether oxygens (including phenoxy) is 5. The average molecular weight is 736 g/mol. The van der Waals surface area contributed by atoms with Gasteiger partial charge in [-0.15, -0.1) is 0 Å². The number of esters is 2. The summed E-state index contributed by atoms with van der Waals surface area (Å²) in [5, 5.41) is 13.0. The van der Waals surface area contributed by atoms with Crippen molar-refractivity contribution in [3.05, 3.63) is 125 Å². The van der Waals surface area contributed by atoms with Crippen molar-refractivity contribution in [3.63, 3.8) is 0 Å². The largest absolute Gasteiger partial charge is 0.460 e. The molecular formula is C44H49NO9. The van der Waals surface area contributed by atoms with Gasteiger partial charge in [-0.05, 0) is 76.1 Å². The molecule has 3 aromatic rings. The van der Waals surface area contributed by atoms with Gasteiger partial charge in [0, 0.05) is 29.5 Å². The summed E-state index contributed by atoms with van der Waals surface area (Å²) in [6, 6.07) is 25.7. The maximum atomic E-state index is 13.8. The molecule has 7 atom stereocenters. The number of epoxide rings is 1.